The lowest BCUT2D eigenvalue weighted by Gasteiger charge is -2.35. The topological polar surface area (TPSA) is 380 Å². The standard InChI is InChI=1S/C28H37N3O6.C22H32BrN3O6.C12H16BBrN2O4.C11H13BrN2O3.C5H4BrNO.2ClH/c1-27(2,3)23(30-26(34)37-28(4,5)6)24(32)31-17-21(14-22(31)25(33)35-7)36-20-13-19(15-29-16-20)18-11-9-8-10-12-18;1-21(2,3)17(25-20(29)32-22(4,5)6)18(27)26-12-15(9-16(26)19(28)30-7)31-14-8-13(23)10-24-11-14;1-13(18)16-7-10(4-11(16)12(17)19-2)20-9-3-8(14)5-15-6-9;1-16-11(15)10-3-9(6-14-10)17-8-2-7(12)4-13-5-8;6-4-1-5(8)3-7-2-4;;/h8-13,15-16,21-23H,14,17H2,1-7H3,(H,30,34);8,10-11,15-17H,9,12H2,1-7H3,(H,25,29);3,5-6,10-11,18H,4,7H2,1-2H3;2,4-5,9-10,14H,3,6H2,1H3;1-3,8H;2*1H/t21-,22+,23-;15-,16+,17-;10-,11+;9-,10+;;;/m1111.../s1. The Morgan fingerprint density at radius 2 is 0.819 bits per heavy atom. The van der Waals surface area contributed by atoms with E-state index >= 15 is 0 Å². The van der Waals surface area contributed by atoms with Gasteiger partial charge in [0.2, 0.25) is 11.8 Å². The number of methoxy groups -OCH3 is 4. The van der Waals surface area contributed by atoms with Crippen molar-refractivity contribution >= 4 is 143 Å². The summed E-state index contributed by atoms with van der Waals surface area (Å²) in [5.74, 6) is 0.0462. The van der Waals surface area contributed by atoms with E-state index in [9.17, 15) is 43.4 Å². The number of halogens is 6. The fourth-order valence-corrected chi connectivity index (χ4v) is 13.5. The van der Waals surface area contributed by atoms with Gasteiger partial charge in [-0.05, 0) is 159 Å². The highest BCUT2D eigenvalue weighted by Gasteiger charge is 2.49. The predicted octanol–water partition coefficient (Wildman–Crippen LogP) is 12.0. The highest BCUT2D eigenvalue weighted by Crippen LogP contribution is 2.34. The van der Waals surface area contributed by atoms with Crippen LogP contribution in [0.15, 0.2) is 141 Å². The van der Waals surface area contributed by atoms with Gasteiger partial charge in [0, 0.05) is 93.2 Å². The minimum atomic E-state index is -0.934. The molecule has 636 valence electrons. The van der Waals surface area contributed by atoms with E-state index in [0.29, 0.717) is 48.9 Å². The van der Waals surface area contributed by atoms with Crippen LogP contribution in [0.1, 0.15) is 109 Å². The van der Waals surface area contributed by atoms with Crippen molar-refractivity contribution in [3.05, 3.63) is 141 Å². The highest BCUT2D eigenvalue weighted by atomic mass is 79.9. The van der Waals surface area contributed by atoms with Crippen molar-refractivity contribution < 1.29 is 95.9 Å². The molecule has 1 aromatic carbocycles. The largest absolute Gasteiger partial charge is 0.506 e. The molecule has 4 amide bonds. The molecule has 116 heavy (non-hydrogen) atoms. The smallest absolute Gasteiger partial charge is 0.408 e. The van der Waals surface area contributed by atoms with Crippen molar-refractivity contribution in [1.82, 2.24) is 55.5 Å². The minimum Gasteiger partial charge on any atom is -0.506 e. The molecular formula is C78H104BBr4Cl2N11O20. The zero-order chi connectivity index (χ0) is 84.6. The van der Waals surface area contributed by atoms with Gasteiger partial charge < -0.3 is 88.1 Å². The maximum atomic E-state index is 13.7. The third kappa shape index (κ3) is 32.6. The number of hydrogen-bond acceptors (Lipinski definition) is 27. The van der Waals surface area contributed by atoms with E-state index in [-0.39, 0.29) is 86.7 Å². The lowest BCUT2D eigenvalue weighted by Crippen LogP contribution is -2.57. The summed E-state index contributed by atoms with van der Waals surface area (Å²) in [6.45, 7) is 24.5. The zero-order valence-corrected chi connectivity index (χ0v) is 75.7. The van der Waals surface area contributed by atoms with Gasteiger partial charge in [-0.3, -0.25) is 44.1 Å². The Labute approximate surface area is 723 Å². The lowest BCUT2D eigenvalue weighted by atomic mass is 9.84. The molecule has 5 aromatic heterocycles. The number of carbonyl (C=O) groups is 8. The fourth-order valence-electron chi connectivity index (χ4n) is 12.1. The van der Waals surface area contributed by atoms with E-state index in [2.05, 4.69) is 109 Å². The molecule has 0 aliphatic carbocycles. The molecule has 4 aliphatic rings. The first kappa shape index (κ1) is 100. The fraction of sp³-hybridized carbons (Fsp3) is 0.500. The first-order valence-corrected chi connectivity index (χ1v) is 39.5. The molecule has 31 nitrogen and oxygen atoms in total. The summed E-state index contributed by atoms with van der Waals surface area (Å²) < 4.78 is 57.0. The van der Waals surface area contributed by atoms with Crippen LogP contribution in [0.25, 0.3) is 11.1 Å². The number of nitrogens with zero attached hydrogens (tertiary/aromatic N) is 8. The third-order valence-corrected chi connectivity index (χ3v) is 18.9. The Morgan fingerprint density at radius 1 is 0.466 bits per heavy atom. The number of carbonyl (C=O) groups excluding carboxylic acids is 8. The molecule has 10 rings (SSSR count). The second-order valence-corrected chi connectivity index (χ2v) is 34.5. The summed E-state index contributed by atoms with van der Waals surface area (Å²) in [7, 11) is 4.56. The third-order valence-electron chi connectivity index (χ3n) is 17.2. The van der Waals surface area contributed by atoms with Gasteiger partial charge >= 0.3 is 43.1 Å². The van der Waals surface area contributed by atoms with Gasteiger partial charge in [-0.25, -0.2) is 19.2 Å². The van der Waals surface area contributed by atoms with Crippen LogP contribution in [0, 0.1) is 10.8 Å². The van der Waals surface area contributed by atoms with Crippen molar-refractivity contribution in [2.45, 2.75) is 187 Å². The van der Waals surface area contributed by atoms with Crippen molar-refractivity contribution in [3.63, 3.8) is 0 Å². The van der Waals surface area contributed by atoms with Gasteiger partial charge in [0.15, 0.2) is 0 Å². The molecule has 9 heterocycles. The second kappa shape index (κ2) is 46.2. The number of aromatic nitrogens is 5. The van der Waals surface area contributed by atoms with Crippen molar-refractivity contribution in [2.24, 2.45) is 10.8 Å². The van der Waals surface area contributed by atoms with Gasteiger partial charge in [-0.2, -0.15) is 0 Å². The maximum absolute atomic E-state index is 13.7. The number of amides is 4. The summed E-state index contributed by atoms with van der Waals surface area (Å²) in [6, 6.07) is 14.4. The quantitative estimate of drug-likeness (QED) is 0.0303. The van der Waals surface area contributed by atoms with Gasteiger partial charge in [0.05, 0.1) is 72.5 Å². The number of hydrogen-bond donors (Lipinski definition) is 5. The van der Waals surface area contributed by atoms with E-state index in [1.807, 2.05) is 90.1 Å². The van der Waals surface area contributed by atoms with Crippen LogP contribution >= 0.6 is 88.5 Å². The number of benzene rings is 1. The van der Waals surface area contributed by atoms with Crippen LogP contribution in [0.3, 0.4) is 0 Å². The molecule has 0 saturated carbocycles. The monoisotopic (exact) mass is 1910 g/mol. The maximum Gasteiger partial charge on any atom is 0.408 e. The minimum absolute atomic E-state index is 0. The van der Waals surface area contributed by atoms with Gasteiger partial charge in [-0.15, -0.1) is 24.8 Å². The summed E-state index contributed by atoms with van der Waals surface area (Å²) in [6.07, 6.45) is 15.2. The molecule has 6 aromatic rings. The van der Waals surface area contributed by atoms with Gasteiger partial charge in [0.1, 0.15) is 101 Å². The first-order chi connectivity index (χ1) is 53.5. The molecule has 4 fully saturated rings. The molecule has 0 spiro atoms. The Kier molecular flexibility index (Phi) is 39.9. The van der Waals surface area contributed by atoms with E-state index in [4.69, 9.17) is 47.7 Å². The Balaban J connectivity index is 0.000000324. The SMILES string of the molecule is COC(=O)[C@@H]1C[C@@H](Oc2cncc(-c3ccccc3)c2)CN1C(=O)[C@@H](NC(=O)OC(C)(C)C)C(C)(C)C.COC(=O)[C@@H]1C[C@@H](Oc2cncc(Br)c2)CN1.COC(=O)[C@@H]1C[C@@H](Oc2cncc(Br)c2)CN1B(C)O.COC(=O)[C@@H]1C[C@@H](Oc2cncc(Br)c2)CN1C(=O)[C@@H](NC(=O)OC(C)(C)C)C(C)(C)C.Cl.Cl.Oc1cncc(Br)c1. The summed E-state index contributed by atoms with van der Waals surface area (Å²) in [5, 5.41) is 26.9. The molecule has 4 aliphatic heterocycles. The van der Waals surface area contributed by atoms with Crippen molar-refractivity contribution in [1.29, 1.82) is 0 Å². The average Bonchev–Trinajstić information content (AvgIpc) is 1.62. The van der Waals surface area contributed by atoms with Crippen molar-refractivity contribution in [3.8, 4) is 39.9 Å². The molecule has 0 radical (unpaired) electrons. The Hall–Kier alpha value is -8.23. The normalized spacial score (nSPS) is 19.4. The molecule has 5 N–H and O–H groups in total. The first-order valence-electron chi connectivity index (χ1n) is 36.3. The number of likely N-dealkylation sites (tertiary alicyclic amines) is 2. The van der Waals surface area contributed by atoms with Crippen LogP contribution in [-0.2, 0) is 57.2 Å². The second-order valence-electron chi connectivity index (χ2n) is 30.9. The number of aromatic hydroxyl groups is 1. The number of rotatable bonds is 18. The lowest BCUT2D eigenvalue weighted by molar-refractivity contribution is -0.152. The van der Waals surface area contributed by atoms with Crippen LogP contribution in [0.5, 0.6) is 28.7 Å². The summed E-state index contributed by atoms with van der Waals surface area (Å²) >= 11 is 13.1. The van der Waals surface area contributed by atoms with Crippen LogP contribution in [0.2, 0.25) is 6.82 Å². The Bertz CT molecular complexity index is 4190. The predicted molar refractivity (Wildman–Crippen MR) is 450 cm³/mol. The number of pyridine rings is 5. The summed E-state index contributed by atoms with van der Waals surface area (Å²) in [5.41, 5.74) is -0.836. The van der Waals surface area contributed by atoms with E-state index in [1.54, 1.807) is 121 Å². The number of ether oxygens (including phenoxy) is 10. The van der Waals surface area contributed by atoms with Gasteiger partial charge in [-0.1, -0.05) is 71.9 Å². The molecular weight excluding hydrogens is 1810 g/mol. The number of nitrogens with one attached hydrogen (secondary N) is 3. The molecule has 38 heteroatoms. The highest BCUT2D eigenvalue weighted by molar-refractivity contribution is 9.11. The number of alkyl carbamates (subject to hydrolysis) is 2. The molecule has 0 bridgehead atoms. The van der Waals surface area contributed by atoms with E-state index in [1.165, 1.54) is 44.4 Å². The molecule has 0 unspecified atom stereocenters. The number of esters is 4. The van der Waals surface area contributed by atoms with Crippen LogP contribution in [-0.4, -0.2) is 231 Å². The van der Waals surface area contributed by atoms with Gasteiger partial charge in [0.25, 0.3) is 0 Å². The van der Waals surface area contributed by atoms with Crippen LogP contribution in [0.4, 0.5) is 9.59 Å². The van der Waals surface area contributed by atoms with Crippen molar-refractivity contribution in [2.75, 3.05) is 54.6 Å². The Morgan fingerprint density at radius 3 is 1.17 bits per heavy atom. The van der Waals surface area contributed by atoms with E-state index < -0.39 is 107 Å². The summed E-state index contributed by atoms with van der Waals surface area (Å²) in [4.78, 5) is 125. The molecule has 4 saturated heterocycles. The molecule has 10 atom stereocenters. The average molecular weight is 1920 g/mol. The van der Waals surface area contributed by atoms with Crippen LogP contribution < -0.4 is 34.9 Å². The zero-order valence-electron chi connectivity index (χ0n) is 67.7. The van der Waals surface area contributed by atoms with E-state index in [0.717, 1.165) is 29.0 Å².